The predicted octanol–water partition coefficient (Wildman–Crippen LogP) is 3.26. The van der Waals surface area contributed by atoms with Gasteiger partial charge in [-0.05, 0) is 50.3 Å². The Bertz CT molecular complexity index is 768. The molecule has 2 aromatic rings. The molecule has 0 spiro atoms. The second-order valence-corrected chi connectivity index (χ2v) is 6.82. The first-order chi connectivity index (χ1) is 12.0. The van der Waals surface area contributed by atoms with Gasteiger partial charge in [-0.15, -0.1) is 0 Å². The van der Waals surface area contributed by atoms with Crippen LogP contribution in [0.3, 0.4) is 0 Å². The fraction of sp³-hybridized carbons (Fsp3) is 0.368. The van der Waals surface area contributed by atoms with Crippen LogP contribution in [-0.4, -0.2) is 16.6 Å². The molecular weight excluding hydrogens is 314 g/mol. The summed E-state index contributed by atoms with van der Waals surface area (Å²) in [4.78, 5) is 16.1. The highest BCUT2D eigenvalue weighted by atomic mass is 16.1. The number of carbonyl (C=O) groups is 1. The van der Waals surface area contributed by atoms with E-state index in [0.29, 0.717) is 17.1 Å². The normalized spacial score (nSPS) is 16.2. The van der Waals surface area contributed by atoms with Crippen LogP contribution in [0, 0.1) is 6.92 Å². The number of aryl methyl sites for hydroxylation is 1. The molecule has 132 valence electrons. The first-order valence-electron chi connectivity index (χ1n) is 8.66. The average Bonchev–Trinajstić information content (AvgIpc) is 2.55. The van der Waals surface area contributed by atoms with Gasteiger partial charge in [0, 0.05) is 18.0 Å². The number of nitrogens with two attached hydrogens (primary N) is 2. The molecule has 1 aliphatic rings. The first kappa shape index (κ1) is 17.2. The van der Waals surface area contributed by atoms with Crippen molar-refractivity contribution < 1.29 is 4.79 Å². The minimum atomic E-state index is -0.519. The smallest absolute Gasteiger partial charge is 0.252 e. The standard InChI is InChI=1S/C19H25N5O/c1-13-6-5-7-14(10-13)23-16-11-17(22-12-15(16)18(20)25)24-19(21)8-3-2-4-9-19/h5-7,10-12H,2-4,8-9,21H2,1H3,(H2,20,25)(H2,22,23,24). The Morgan fingerprint density at radius 1 is 1.20 bits per heavy atom. The third kappa shape index (κ3) is 4.28. The molecule has 6 nitrogen and oxygen atoms in total. The lowest BCUT2D eigenvalue weighted by atomic mass is 9.90. The van der Waals surface area contributed by atoms with E-state index in [1.165, 1.54) is 12.6 Å². The molecule has 1 amide bonds. The molecule has 0 radical (unpaired) electrons. The van der Waals surface area contributed by atoms with Gasteiger partial charge >= 0.3 is 0 Å². The summed E-state index contributed by atoms with van der Waals surface area (Å²) in [7, 11) is 0. The number of nitrogens with zero attached hydrogens (tertiary/aromatic N) is 1. The van der Waals surface area contributed by atoms with Crippen molar-refractivity contribution in [3.63, 3.8) is 0 Å². The van der Waals surface area contributed by atoms with Gasteiger partial charge in [0.05, 0.1) is 16.9 Å². The number of anilines is 3. The van der Waals surface area contributed by atoms with Crippen LogP contribution < -0.4 is 22.1 Å². The molecule has 25 heavy (non-hydrogen) atoms. The van der Waals surface area contributed by atoms with Crippen LogP contribution in [0.4, 0.5) is 17.2 Å². The molecule has 6 N–H and O–H groups in total. The maximum atomic E-state index is 11.7. The lowest BCUT2D eigenvalue weighted by Gasteiger charge is -2.34. The average molecular weight is 339 g/mol. The molecule has 0 saturated heterocycles. The number of primary amides is 1. The van der Waals surface area contributed by atoms with Gasteiger partial charge in [-0.3, -0.25) is 4.79 Å². The van der Waals surface area contributed by atoms with Gasteiger partial charge in [0.25, 0.3) is 5.91 Å². The van der Waals surface area contributed by atoms with Crippen LogP contribution in [0.15, 0.2) is 36.5 Å². The van der Waals surface area contributed by atoms with E-state index in [9.17, 15) is 4.79 Å². The van der Waals surface area contributed by atoms with Crippen LogP contribution in [0.5, 0.6) is 0 Å². The molecule has 1 fully saturated rings. The van der Waals surface area contributed by atoms with Crippen molar-refractivity contribution in [2.24, 2.45) is 11.5 Å². The van der Waals surface area contributed by atoms with E-state index in [0.717, 1.165) is 36.9 Å². The summed E-state index contributed by atoms with van der Waals surface area (Å²) in [6.45, 7) is 2.01. The topological polar surface area (TPSA) is 106 Å². The summed E-state index contributed by atoms with van der Waals surface area (Å²) in [6.07, 6.45) is 6.75. The molecule has 0 atom stereocenters. The summed E-state index contributed by atoms with van der Waals surface area (Å²) in [5.41, 5.74) is 14.5. The zero-order chi connectivity index (χ0) is 17.9. The number of hydrogen-bond acceptors (Lipinski definition) is 5. The van der Waals surface area contributed by atoms with E-state index >= 15 is 0 Å². The molecule has 1 saturated carbocycles. The van der Waals surface area contributed by atoms with Gasteiger partial charge in [-0.25, -0.2) is 4.98 Å². The lowest BCUT2D eigenvalue weighted by molar-refractivity contribution is 0.100. The van der Waals surface area contributed by atoms with Crippen molar-refractivity contribution in [1.29, 1.82) is 0 Å². The highest BCUT2D eigenvalue weighted by Gasteiger charge is 2.27. The van der Waals surface area contributed by atoms with E-state index in [2.05, 4.69) is 15.6 Å². The van der Waals surface area contributed by atoms with Gasteiger partial charge in [-0.2, -0.15) is 0 Å². The van der Waals surface area contributed by atoms with Crippen molar-refractivity contribution >= 4 is 23.1 Å². The molecule has 6 heteroatoms. The van der Waals surface area contributed by atoms with E-state index in [1.54, 1.807) is 6.07 Å². The number of nitrogens with one attached hydrogen (secondary N) is 2. The Balaban J connectivity index is 1.88. The molecular formula is C19H25N5O. The van der Waals surface area contributed by atoms with E-state index < -0.39 is 11.6 Å². The summed E-state index contributed by atoms with van der Waals surface area (Å²) < 4.78 is 0. The number of carbonyl (C=O) groups excluding carboxylic acids is 1. The second kappa shape index (κ2) is 7.11. The molecule has 0 aliphatic heterocycles. The van der Waals surface area contributed by atoms with E-state index in [-0.39, 0.29) is 0 Å². The molecule has 3 rings (SSSR count). The van der Waals surface area contributed by atoms with Gasteiger partial charge < -0.3 is 22.1 Å². The van der Waals surface area contributed by atoms with Crippen LogP contribution in [0.25, 0.3) is 0 Å². The summed E-state index contributed by atoms with van der Waals surface area (Å²) >= 11 is 0. The Labute approximate surface area is 148 Å². The minimum Gasteiger partial charge on any atom is -0.365 e. The SMILES string of the molecule is Cc1cccc(Nc2cc(NC3(N)CCCCC3)ncc2C(N)=O)c1. The number of amides is 1. The third-order valence-corrected chi connectivity index (χ3v) is 4.59. The Morgan fingerprint density at radius 3 is 2.64 bits per heavy atom. The second-order valence-electron chi connectivity index (χ2n) is 6.82. The molecule has 1 aromatic carbocycles. The van der Waals surface area contributed by atoms with Crippen LogP contribution in [-0.2, 0) is 0 Å². The number of aromatic nitrogens is 1. The number of benzene rings is 1. The summed E-state index contributed by atoms with van der Waals surface area (Å²) in [6, 6.07) is 9.71. The fourth-order valence-corrected chi connectivity index (χ4v) is 3.26. The van der Waals surface area contributed by atoms with Crippen molar-refractivity contribution in [1.82, 2.24) is 4.98 Å². The van der Waals surface area contributed by atoms with Crippen molar-refractivity contribution in [3.05, 3.63) is 47.7 Å². The monoisotopic (exact) mass is 339 g/mol. The molecule has 1 aromatic heterocycles. The molecule has 1 heterocycles. The third-order valence-electron chi connectivity index (χ3n) is 4.59. The molecule has 1 aliphatic carbocycles. The maximum Gasteiger partial charge on any atom is 0.252 e. The highest BCUT2D eigenvalue weighted by Crippen LogP contribution is 2.29. The van der Waals surface area contributed by atoms with E-state index in [4.69, 9.17) is 11.5 Å². The van der Waals surface area contributed by atoms with Crippen molar-refractivity contribution in [3.8, 4) is 0 Å². The number of rotatable bonds is 5. The fourth-order valence-electron chi connectivity index (χ4n) is 3.26. The molecule has 0 bridgehead atoms. The Kier molecular flexibility index (Phi) is 4.90. The number of pyridine rings is 1. The van der Waals surface area contributed by atoms with Gasteiger partial charge in [0.2, 0.25) is 0 Å². The van der Waals surface area contributed by atoms with Crippen molar-refractivity contribution in [2.75, 3.05) is 10.6 Å². The number of hydrogen-bond donors (Lipinski definition) is 4. The highest BCUT2D eigenvalue weighted by molar-refractivity contribution is 5.99. The predicted molar refractivity (Wildman–Crippen MR) is 101 cm³/mol. The zero-order valence-electron chi connectivity index (χ0n) is 14.5. The van der Waals surface area contributed by atoms with Gasteiger partial charge in [0.1, 0.15) is 5.82 Å². The first-order valence-corrected chi connectivity index (χ1v) is 8.66. The lowest BCUT2D eigenvalue weighted by Crippen LogP contribution is -2.49. The summed E-state index contributed by atoms with van der Waals surface area (Å²) in [5, 5.41) is 6.60. The van der Waals surface area contributed by atoms with Gasteiger partial charge in [-0.1, -0.05) is 18.6 Å². The minimum absolute atomic E-state index is 0.349. The summed E-state index contributed by atoms with van der Waals surface area (Å²) in [5.74, 6) is 0.124. The maximum absolute atomic E-state index is 11.7. The Morgan fingerprint density at radius 2 is 1.96 bits per heavy atom. The molecule has 0 unspecified atom stereocenters. The van der Waals surface area contributed by atoms with Crippen LogP contribution in [0.2, 0.25) is 0 Å². The van der Waals surface area contributed by atoms with Crippen LogP contribution >= 0.6 is 0 Å². The quantitative estimate of drug-likeness (QED) is 0.626. The largest absolute Gasteiger partial charge is 0.365 e. The Hall–Kier alpha value is -2.60. The van der Waals surface area contributed by atoms with Crippen molar-refractivity contribution in [2.45, 2.75) is 44.7 Å². The van der Waals surface area contributed by atoms with Crippen LogP contribution in [0.1, 0.15) is 48.0 Å². The zero-order valence-corrected chi connectivity index (χ0v) is 14.5. The van der Waals surface area contributed by atoms with Gasteiger partial charge in [0.15, 0.2) is 0 Å². The van der Waals surface area contributed by atoms with E-state index in [1.807, 2.05) is 31.2 Å².